The lowest BCUT2D eigenvalue weighted by molar-refractivity contribution is 0.0175. The maximum absolute atomic E-state index is 11.8. The zero-order chi connectivity index (χ0) is 12.8. The maximum atomic E-state index is 11.8. The van der Waals surface area contributed by atoms with E-state index in [1.165, 1.54) is 51.4 Å². The fourth-order valence-corrected chi connectivity index (χ4v) is 3.57. The summed E-state index contributed by atoms with van der Waals surface area (Å²) in [5.41, 5.74) is 0.671. The quantitative estimate of drug-likeness (QED) is 0.740. The molecule has 2 nitrogen and oxygen atoms in total. The molecule has 2 saturated carbocycles. The molecule has 0 saturated heterocycles. The van der Waals surface area contributed by atoms with Gasteiger partial charge < -0.3 is 10.1 Å². The predicted molar refractivity (Wildman–Crippen MR) is 68.0 cm³/mol. The molecule has 18 heavy (non-hydrogen) atoms. The minimum Gasteiger partial charge on any atom is -0.374 e. The van der Waals surface area contributed by atoms with Crippen molar-refractivity contribution >= 4 is 0 Å². The Morgan fingerprint density at radius 1 is 1.11 bits per heavy atom. The molecule has 2 aliphatic carbocycles. The molecule has 0 amide bonds. The largest absolute Gasteiger partial charge is 0.374 e. The van der Waals surface area contributed by atoms with Gasteiger partial charge in [-0.05, 0) is 43.9 Å². The highest BCUT2D eigenvalue weighted by Crippen LogP contribution is 2.48. The van der Waals surface area contributed by atoms with Crippen molar-refractivity contribution in [2.75, 3.05) is 19.8 Å². The van der Waals surface area contributed by atoms with Gasteiger partial charge in [0.1, 0.15) is 6.61 Å². The van der Waals surface area contributed by atoms with Crippen LogP contribution in [0.1, 0.15) is 51.4 Å². The van der Waals surface area contributed by atoms with Gasteiger partial charge in [0.15, 0.2) is 0 Å². The monoisotopic (exact) mass is 261 g/mol. The van der Waals surface area contributed by atoms with Crippen LogP contribution in [0.4, 0.5) is 8.78 Å². The Hall–Kier alpha value is -0.220. The maximum Gasteiger partial charge on any atom is 0.261 e. The van der Waals surface area contributed by atoms with Crippen molar-refractivity contribution in [3.05, 3.63) is 0 Å². The molecule has 0 atom stereocenters. The van der Waals surface area contributed by atoms with Gasteiger partial charge >= 0.3 is 0 Å². The smallest absolute Gasteiger partial charge is 0.261 e. The van der Waals surface area contributed by atoms with E-state index in [0.29, 0.717) is 24.6 Å². The van der Waals surface area contributed by atoms with Gasteiger partial charge in [-0.2, -0.15) is 0 Å². The number of hydrogen-bond acceptors (Lipinski definition) is 2. The van der Waals surface area contributed by atoms with E-state index < -0.39 is 13.0 Å². The number of rotatable bonds is 6. The summed E-state index contributed by atoms with van der Waals surface area (Å²) in [6.07, 6.45) is 8.53. The van der Waals surface area contributed by atoms with E-state index in [2.05, 4.69) is 5.32 Å². The van der Waals surface area contributed by atoms with Crippen LogP contribution in [0.3, 0.4) is 0 Å². The first-order valence-corrected chi connectivity index (χ1v) is 7.29. The Labute approximate surface area is 108 Å². The summed E-state index contributed by atoms with van der Waals surface area (Å²) in [6, 6.07) is 0.575. The van der Waals surface area contributed by atoms with E-state index in [-0.39, 0.29) is 0 Å². The molecular formula is C14H25F2NO. The van der Waals surface area contributed by atoms with Crippen molar-refractivity contribution in [2.24, 2.45) is 5.41 Å². The highest BCUT2D eigenvalue weighted by molar-refractivity contribution is 4.91. The first-order chi connectivity index (χ1) is 8.70. The van der Waals surface area contributed by atoms with Crippen molar-refractivity contribution in [1.82, 2.24) is 5.32 Å². The lowest BCUT2D eigenvalue weighted by atomic mass is 9.71. The van der Waals surface area contributed by atoms with Crippen molar-refractivity contribution in [3.8, 4) is 0 Å². The van der Waals surface area contributed by atoms with Gasteiger partial charge in [-0.15, -0.1) is 0 Å². The van der Waals surface area contributed by atoms with Crippen LogP contribution in [0, 0.1) is 5.41 Å². The molecule has 0 unspecified atom stereocenters. The van der Waals surface area contributed by atoms with Crippen molar-refractivity contribution in [2.45, 2.75) is 63.8 Å². The molecule has 0 aromatic rings. The molecule has 0 aromatic carbocycles. The van der Waals surface area contributed by atoms with Crippen LogP contribution < -0.4 is 5.32 Å². The molecule has 1 spiro atoms. The molecule has 2 aliphatic rings. The standard InChI is InChI=1S/C14H25F2NO/c15-13(16)11-18-10-9-17-12-3-7-14(8-4-12)5-1-2-6-14/h12-13,17H,1-11H2. The number of hydrogen-bond donors (Lipinski definition) is 1. The predicted octanol–water partition coefficient (Wildman–Crippen LogP) is 3.36. The van der Waals surface area contributed by atoms with Crippen molar-refractivity contribution in [1.29, 1.82) is 0 Å². The number of alkyl halides is 2. The van der Waals surface area contributed by atoms with E-state index >= 15 is 0 Å². The van der Waals surface area contributed by atoms with Crippen molar-refractivity contribution < 1.29 is 13.5 Å². The van der Waals surface area contributed by atoms with Gasteiger partial charge in [0.2, 0.25) is 0 Å². The highest BCUT2D eigenvalue weighted by atomic mass is 19.3. The number of halogens is 2. The molecule has 0 radical (unpaired) electrons. The number of nitrogens with one attached hydrogen (secondary N) is 1. The summed E-state index contributed by atoms with van der Waals surface area (Å²) >= 11 is 0. The minimum absolute atomic E-state index is 0.395. The fourth-order valence-electron chi connectivity index (χ4n) is 3.57. The Bertz CT molecular complexity index is 232. The summed E-state index contributed by atoms with van der Waals surface area (Å²) in [5.74, 6) is 0. The van der Waals surface area contributed by atoms with Gasteiger partial charge in [0.05, 0.1) is 6.61 Å². The molecule has 1 N–H and O–H groups in total. The van der Waals surface area contributed by atoms with Gasteiger partial charge in [-0.1, -0.05) is 12.8 Å². The van der Waals surface area contributed by atoms with E-state index in [1.54, 1.807) is 0 Å². The van der Waals surface area contributed by atoms with Gasteiger partial charge in [0, 0.05) is 12.6 Å². The molecule has 0 heterocycles. The number of ether oxygens (including phenoxy) is 1. The molecule has 2 fully saturated rings. The molecule has 0 bridgehead atoms. The molecular weight excluding hydrogens is 236 g/mol. The Kier molecular flexibility index (Phi) is 5.37. The normalized spacial score (nSPS) is 24.2. The zero-order valence-corrected chi connectivity index (χ0v) is 11.1. The van der Waals surface area contributed by atoms with Crippen LogP contribution in [0.2, 0.25) is 0 Å². The van der Waals surface area contributed by atoms with Crippen LogP contribution in [-0.2, 0) is 4.74 Å². The van der Waals surface area contributed by atoms with E-state index in [1.807, 2.05) is 0 Å². The Morgan fingerprint density at radius 2 is 1.78 bits per heavy atom. The van der Waals surface area contributed by atoms with Crippen molar-refractivity contribution in [3.63, 3.8) is 0 Å². The molecule has 106 valence electrons. The zero-order valence-electron chi connectivity index (χ0n) is 11.1. The Morgan fingerprint density at radius 3 is 2.39 bits per heavy atom. The van der Waals surface area contributed by atoms with Crippen LogP contribution in [0.25, 0.3) is 0 Å². The third kappa shape index (κ3) is 4.16. The first-order valence-electron chi connectivity index (χ1n) is 7.29. The van der Waals surface area contributed by atoms with Gasteiger partial charge in [0.25, 0.3) is 6.43 Å². The Balaban J connectivity index is 1.54. The van der Waals surface area contributed by atoms with Crippen LogP contribution in [0.5, 0.6) is 0 Å². The fraction of sp³-hybridized carbons (Fsp3) is 1.00. The second kappa shape index (κ2) is 6.80. The van der Waals surface area contributed by atoms with Gasteiger partial charge in [-0.3, -0.25) is 0 Å². The van der Waals surface area contributed by atoms with Crippen LogP contribution in [-0.4, -0.2) is 32.2 Å². The van der Waals surface area contributed by atoms with Gasteiger partial charge in [-0.25, -0.2) is 8.78 Å². The lowest BCUT2D eigenvalue weighted by Crippen LogP contribution is -2.38. The SMILES string of the molecule is FC(F)COCCNC1CCC2(CCCC2)CC1. The summed E-state index contributed by atoms with van der Waals surface area (Å²) in [7, 11) is 0. The van der Waals surface area contributed by atoms with E-state index in [9.17, 15) is 8.78 Å². The van der Waals surface area contributed by atoms with E-state index in [4.69, 9.17) is 4.74 Å². The average Bonchev–Trinajstić information content (AvgIpc) is 2.80. The second-order valence-electron chi connectivity index (χ2n) is 5.90. The summed E-state index contributed by atoms with van der Waals surface area (Å²) in [4.78, 5) is 0. The highest BCUT2D eigenvalue weighted by Gasteiger charge is 2.37. The third-order valence-electron chi connectivity index (χ3n) is 4.63. The first kappa shape index (κ1) is 14.2. The summed E-state index contributed by atoms with van der Waals surface area (Å²) in [6.45, 7) is 0.659. The topological polar surface area (TPSA) is 21.3 Å². The summed E-state index contributed by atoms with van der Waals surface area (Å²) in [5, 5.41) is 3.43. The third-order valence-corrected chi connectivity index (χ3v) is 4.63. The molecule has 0 aliphatic heterocycles. The minimum atomic E-state index is -2.35. The second-order valence-corrected chi connectivity index (χ2v) is 5.90. The van der Waals surface area contributed by atoms with Crippen LogP contribution in [0.15, 0.2) is 0 Å². The molecule has 2 rings (SSSR count). The average molecular weight is 261 g/mol. The van der Waals surface area contributed by atoms with Crippen LogP contribution >= 0.6 is 0 Å². The molecule has 4 heteroatoms. The lowest BCUT2D eigenvalue weighted by Gasteiger charge is -2.37. The molecule has 0 aromatic heterocycles. The van der Waals surface area contributed by atoms with E-state index in [0.717, 1.165) is 0 Å². The summed E-state index contributed by atoms with van der Waals surface area (Å²) < 4.78 is 28.5.